The summed E-state index contributed by atoms with van der Waals surface area (Å²) in [4.78, 5) is 24.9. The number of nitrogens with zero attached hydrogens (tertiary/aromatic N) is 1. The first-order valence-corrected chi connectivity index (χ1v) is 5.83. The van der Waals surface area contributed by atoms with Gasteiger partial charge in [0.2, 0.25) is 5.91 Å². The predicted octanol–water partition coefficient (Wildman–Crippen LogP) is 0.634. The van der Waals surface area contributed by atoms with Crippen molar-refractivity contribution >= 4 is 17.5 Å². The van der Waals surface area contributed by atoms with Gasteiger partial charge in [-0.05, 0) is 30.7 Å². The van der Waals surface area contributed by atoms with Crippen molar-refractivity contribution < 1.29 is 14.7 Å². The third-order valence-electron chi connectivity index (χ3n) is 3.22. The average molecular weight is 248 g/mol. The van der Waals surface area contributed by atoms with Gasteiger partial charge in [-0.3, -0.25) is 9.59 Å². The number of carbonyl (C=O) groups excluding carboxylic acids is 2. The molecule has 0 saturated heterocycles. The van der Waals surface area contributed by atoms with Gasteiger partial charge in [0.05, 0.1) is 19.1 Å². The second-order valence-corrected chi connectivity index (χ2v) is 4.54. The van der Waals surface area contributed by atoms with Gasteiger partial charge in [0, 0.05) is 18.3 Å². The first kappa shape index (κ1) is 12.6. The van der Waals surface area contributed by atoms with Gasteiger partial charge in [0.1, 0.15) is 0 Å². The first-order chi connectivity index (χ1) is 8.52. The number of amides is 2. The molecule has 0 aromatic heterocycles. The highest BCUT2D eigenvalue weighted by Crippen LogP contribution is 2.24. The van der Waals surface area contributed by atoms with Crippen LogP contribution in [0, 0.1) is 0 Å². The van der Waals surface area contributed by atoms with Crippen molar-refractivity contribution in [2.24, 2.45) is 0 Å². The fraction of sp³-hybridized carbons (Fsp3) is 0.385. The van der Waals surface area contributed by atoms with E-state index >= 15 is 0 Å². The fourth-order valence-electron chi connectivity index (χ4n) is 1.89. The molecule has 2 N–H and O–H groups in total. The van der Waals surface area contributed by atoms with E-state index in [1.165, 1.54) is 4.90 Å². The van der Waals surface area contributed by atoms with E-state index in [4.69, 9.17) is 5.11 Å². The Morgan fingerprint density at radius 1 is 1.56 bits per heavy atom. The zero-order valence-electron chi connectivity index (χ0n) is 10.4. The summed E-state index contributed by atoms with van der Waals surface area (Å²) in [6.45, 7) is 1.70. The monoisotopic (exact) mass is 248 g/mol. The molecule has 1 aromatic carbocycles. The van der Waals surface area contributed by atoms with Gasteiger partial charge in [0.15, 0.2) is 0 Å². The van der Waals surface area contributed by atoms with E-state index in [9.17, 15) is 9.59 Å². The molecule has 0 fully saturated rings. The standard InChI is InChI=1S/C13H16N2O3/c1-8(7-16)15(2)13(18)9-3-4-11-10(5-9)6-12(17)14-11/h3-5,8,16H,6-7H2,1-2H3,(H,14,17). The van der Waals surface area contributed by atoms with Gasteiger partial charge in [-0.25, -0.2) is 0 Å². The van der Waals surface area contributed by atoms with Gasteiger partial charge >= 0.3 is 0 Å². The Labute approximate surface area is 105 Å². The number of benzene rings is 1. The van der Waals surface area contributed by atoms with Crippen LogP contribution in [0.3, 0.4) is 0 Å². The lowest BCUT2D eigenvalue weighted by molar-refractivity contribution is -0.115. The summed E-state index contributed by atoms with van der Waals surface area (Å²) in [7, 11) is 1.65. The highest BCUT2D eigenvalue weighted by molar-refractivity contribution is 6.01. The SMILES string of the molecule is CC(CO)N(C)C(=O)c1ccc2c(c1)CC(=O)N2. The number of hydrogen-bond donors (Lipinski definition) is 2. The molecule has 1 unspecified atom stereocenters. The smallest absolute Gasteiger partial charge is 0.253 e. The molecule has 0 radical (unpaired) electrons. The predicted molar refractivity (Wildman–Crippen MR) is 67.4 cm³/mol. The molecule has 1 atom stereocenters. The van der Waals surface area contributed by atoms with Crippen molar-refractivity contribution in [2.75, 3.05) is 19.0 Å². The number of hydrogen-bond acceptors (Lipinski definition) is 3. The number of anilines is 1. The Bertz CT molecular complexity index is 499. The lowest BCUT2D eigenvalue weighted by Crippen LogP contribution is -2.37. The Morgan fingerprint density at radius 2 is 2.28 bits per heavy atom. The maximum absolute atomic E-state index is 12.1. The van der Waals surface area contributed by atoms with Crippen molar-refractivity contribution in [1.82, 2.24) is 4.90 Å². The Morgan fingerprint density at radius 3 is 2.94 bits per heavy atom. The molecule has 5 heteroatoms. The van der Waals surface area contributed by atoms with Gasteiger partial charge in [-0.15, -0.1) is 0 Å². The normalized spacial score (nSPS) is 14.9. The summed E-state index contributed by atoms with van der Waals surface area (Å²) < 4.78 is 0. The molecule has 18 heavy (non-hydrogen) atoms. The van der Waals surface area contributed by atoms with Crippen LogP contribution in [0.4, 0.5) is 5.69 Å². The molecule has 0 bridgehead atoms. The van der Waals surface area contributed by atoms with Crippen LogP contribution in [0.15, 0.2) is 18.2 Å². The number of aliphatic hydroxyl groups is 1. The van der Waals surface area contributed by atoms with E-state index in [-0.39, 0.29) is 24.5 Å². The molecule has 2 rings (SSSR count). The maximum Gasteiger partial charge on any atom is 0.253 e. The van der Waals surface area contributed by atoms with Crippen LogP contribution in [0.5, 0.6) is 0 Å². The lowest BCUT2D eigenvalue weighted by atomic mass is 10.1. The summed E-state index contributed by atoms with van der Waals surface area (Å²) >= 11 is 0. The van der Waals surface area contributed by atoms with Crippen molar-refractivity contribution in [3.8, 4) is 0 Å². The van der Waals surface area contributed by atoms with E-state index in [2.05, 4.69) is 5.32 Å². The summed E-state index contributed by atoms with van der Waals surface area (Å²) in [5.41, 5.74) is 2.15. The van der Waals surface area contributed by atoms with E-state index in [1.807, 2.05) is 0 Å². The second-order valence-electron chi connectivity index (χ2n) is 4.54. The van der Waals surface area contributed by atoms with E-state index in [1.54, 1.807) is 32.2 Å². The zero-order valence-corrected chi connectivity index (χ0v) is 10.4. The summed E-state index contributed by atoms with van der Waals surface area (Å²) in [5, 5.41) is 11.8. The molecule has 5 nitrogen and oxygen atoms in total. The molecule has 1 aliphatic rings. The van der Waals surface area contributed by atoms with E-state index in [0.717, 1.165) is 11.3 Å². The van der Waals surface area contributed by atoms with Crippen molar-refractivity contribution in [2.45, 2.75) is 19.4 Å². The molecular weight excluding hydrogens is 232 g/mol. The number of carbonyl (C=O) groups is 2. The molecule has 96 valence electrons. The van der Waals surface area contributed by atoms with Crippen molar-refractivity contribution in [3.63, 3.8) is 0 Å². The molecule has 2 amide bonds. The first-order valence-electron chi connectivity index (χ1n) is 5.83. The maximum atomic E-state index is 12.1. The van der Waals surface area contributed by atoms with Crippen LogP contribution in [0.25, 0.3) is 0 Å². The van der Waals surface area contributed by atoms with Crippen LogP contribution in [0.2, 0.25) is 0 Å². The molecule has 0 spiro atoms. The highest BCUT2D eigenvalue weighted by atomic mass is 16.3. The largest absolute Gasteiger partial charge is 0.394 e. The molecule has 1 aliphatic heterocycles. The minimum absolute atomic E-state index is 0.0494. The quantitative estimate of drug-likeness (QED) is 0.824. The average Bonchev–Trinajstić information content (AvgIpc) is 2.74. The van der Waals surface area contributed by atoms with E-state index < -0.39 is 0 Å². The molecule has 1 aromatic rings. The van der Waals surface area contributed by atoms with Crippen LogP contribution >= 0.6 is 0 Å². The number of fused-ring (bicyclic) bond motifs is 1. The van der Waals surface area contributed by atoms with Gasteiger partial charge in [-0.2, -0.15) is 0 Å². The molecule has 1 heterocycles. The Kier molecular flexibility index (Phi) is 3.34. The Balaban J connectivity index is 2.23. The molecular formula is C13H16N2O3. The van der Waals surface area contributed by atoms with Crippen LogP contribution in [-0.2, 0) is 11.2 Å². The number of aliphatic hydroxyl groups excluding tert-OH is 1. The van der Waals surface area contributed by atoms with Crippen LogP contribution in [0.1, 0.15) is 22.8 Å². The lowest BCUT2D eigenvalue weighted by Gasteiger charge is -2.23. The van der Waals surface area contributed by atoms with Crippen LogP contribution in [-0.4, -0.2) is 41.5 Å². The summed E-state index contributed by atoms with van der Waals surface area (Å²) in [6.07, 6.45) is 0.315. The minimum atomic E-state index is -0.231. The van der Waals surface area contributed by atoms with Crippen molar-refractivity contribution in [3.05, 3.63) is 29.3 Å². The zero-order chi connectivity index (χ0) is 13.3. The molecule has 0 aliphatic carbocycles. The van der Waals surface area contributed by atoms with Gasteiger partial charge in [-0.1, -0.05) is 0 Å². The third kappa shape index (κ3) is 2.22. The van der Waals surface area contributed by atoms with E-state index in [0.29, 0.717) is 12.0 Å². The van der Waals surface area contributed by atoms with Crippen molar-refractivity contribution in [1.29, 1.82) is 0 Å². The molecule has 0 saturated carbocycles. The fourth-order valence-corrected chi connectivity index (χ4v) is 1.89. The summed E-state index contributed by atoms with van der Waals surface area (Å²) in [5.74, 6) is -0.203. The van der Waals surface area contributed by atoms with Crippen LogP contribution < -0.4 is 5.32 Å². The number of rotatable bonds is 3. The highest BCUT2D eigenvalue weighted by Gasteiger charge is 2.21. The van der Waals surface area contributed by atoms with Gasteiger partial charge < -0.3 is 15.3 Å². The second kappa shape index (κ2) is 4.78. The summed E-state index contributed by atoms with van der Waals surface area (Å²) in [6, 6.07) is 4.93. The number of likely N-dealkylation sites (N-methyl/N-ethyl adjacent to an activating group) is 1. The Hall–Kier alpha value is -1.88. The third-order valence-corrected chi connectivity index (χ3v) is 3.22. The van der Waals surface area contributed by atoms with Gasteiger partial charge in [0.25, 0.3) is 5.91 Å². The topological polar surface area (TPSA) is 69.6 Å². The minimum Gasteiger partial charge on any atom is -0.394 e. The number of nitrogens with one attached hydrogen (secondary N) is 1.